The molecule has 1 heterocycles. The second-order valence-electron chi connectivity index (χ2n) is 4.74. The molecule has 15 heavy (non-hydrogen) atoms. The third kappa shape index (κ3) is 2.30. The van der Waals surface area contributed by atoms with Crippen LogP contribution in [0.25, 0.3) is 0 Å². The molecular weight excluding hydrogens is 192 g/mol. The van der Waals surface area contributed by atoms with Crippen LogP contribution in [-0.2, 0) is 4.79 Å². The molecule has 5 heteroatoms. The van der Waals surface area contributed by atoms with E-state index in [1.165, 1.54) is 0 Å². The van der Waals surface area contributed by atoms with Gasteiger partial charge in [0.05, 0.1) is 5.54 Å². The minimum absolute atomic E-state index is 0.00157. The maximum Gasteiger partial charge on any atom is 0.254 e. The van der Waals surface area contributed by atoms with Gasteiger partial charge in [0, 0.05) is 26.2 Å². The number of nitrogens with zero attached hydrogens (tertiary/aromatic N) is 2. The first-order chi connectivity index (χ1) is 7.10. The van der Waals surface area contributed by atoms with Crippen LogP contribution in [0, 0.1) is 0 Å². The summed E-state index contributed by atoms with van der Waals surface area (Å²) in [5.74, 6) is -0.00157. The Morgan fingerprint density at radius 2 is 1.87 bits per heavy atom. The fraction of sp³-hybridized carbons (Fsp3) is 0.900. The molecule has 0 aromatic heterocycles. The summed E-state index contributed by atoms with van der Waals surface area (Å²) in [7, 11) is 2.09. The van der Waals surface area contributed by atoms with Crippen LogP contribution in [0.4, 0.5) is 0 Å². The van der Waals surface area contributed by atoms with E-state index in [1.807, 2.05) is 5.01 Å². The third-order valence-corrected chi connectivity index (χ3v) is 3.46. The average molecular weight is 212 g/mol. The number of piperazine rings is 1. The highest BCUT2D eigenvalue weighted by Gasteiger charge is 2.40. The van der Waals surface area contributed by atoms with E-state index in [2.05, 4.69) is 17.4 Å². The molecular formula is C10H20N4O. The number of nitrogens with two attached hydrogens (primary N) is 1. The van der Waals surface area contributed by atoms with Crippen molar-refractivity contribution in [2.24, 2.45) is 5.73 Å². The van der Waals surface area contributed by atoms with Crippen LogP contribution >= 0.6 is 0 Å². The summed E-state index contributed by atoms with van der Waals surface area (Å²) in [5.41, 5.74) is 8.29. The average Bonchev–Trinajstić information content (AvgIpc) is 2.18. The summed E-state index contributed by atoms with van der Waals surface area (Å²) in [6.45, 7) is 3.77. The normalized spacial score (nSPS) is 27.1. The van der Waals surface area contributed by atoms with Crippen LogP contribution in [-0.4, -0.2) is 54.6 Å². The van der Waals surface area contributed by atoms with Gasteiger partial charge in [0.15, 0.2) is 0 Å². The van der Waals surface area contributed by atoms with Gasteiger partial charge in [0.2, 0.25) is 0 Å². The lowest BCUT2D eigenvalue weighted by Gasteiger charge is -2.39. The molecule has 2 aliphatic rings. The van der Waals surface area contributed by atoms with E-state index in [9.17, 15) is 4.79 Å². The number of nitrogens with one attached hydrogen (secondary N) is 1. The molecule has 0 spiro atoms. The molecule has 1 aliphatic heterocycles. The molecule has 3 N–H and O–H groups in total. The van der Waals surface area contributed by atoms with Gasteiger partial charge >= 0.3 is 0 Å². The zero-order valence-electron chi connectivity index (χ0n) is 9.33. The van der Waals surface area contributed by atoms with E-state index >= 15 is 0 Å². The lowest BCUT2D eigenvalue weighted by Crippen LogP contribution is -2.63. The maximum atomic E-state index is 11.8. The number of carbonyl (C=O) groups excluding carboxylic acids is 1. The fourth-order valence-electron chi connectivity index (χ4n) is 1.96. The summed E-state index contributed by atoms with van der Waals surface area (Å²) < 4.78 is 0. The Bertz CT molecular complexity index is 244. The topological polar surface area (TPSA) is 61.6 Å². The molecule has 2 rings (SSSR count). The Morgan fingerprint density at radius 3 is 2.33 bits per heavy atom. The van der Waals surface area contributed by atoms with Crippen LogP contribution in [0.15, 0.2) is 0 Å². The summed E-state index contributed by atoms with van der Waals surface area (Å²) >= 11 is 0. The van der Waals surface area contributed by atoms with Crippen molar-refractivity contribution in [3.63, 3.8) is 0 Å². The molecule has 0 atom stereocenters. The van der Waals surface area contributed by atoms with E-state index in [-0.39, 0.29) is 5.91 Å². The SMILES string of the molecule is CN1CCN(NC(=O)C2(N)CCC2)CC1. The summed E-state index contributed by atoms with van der Waals surface area (Å²) in [6.07, 6.45) is 2.73. The first-order valence-corrected chi connectivity index (χ1v) is 5.64. The van der Waals surface area contributed by atoms with Crippen molar-refractivity contribution in [3.8, 4) is 0 Å². The van der Waals surface area contributed by atoms with Gasteiger partial charge in [-0.3, -0.25) is 10.2 Å². The van der Waals surface area contributed by atoms with E-state index in [4.69, 9.17) is 5.73 Å². The number of rotatable bonds is 2. The zero-order valence-corrected chi connectivity index (χ0v) is 9.33. The molecule has 2 fully saturated rings. The third-order valence-electron chi connectivity index (χ3n) is 3.46. The van der Waals surface area contributed by atoms with Crippen molar-refractivity contribution >= 4 is 5.91 Å². The lowest BCUT2D eigenvalue weighted by molar-refractivity contribution is -0.135. The largest absolute Gasteiger partial charge is 0.317 e. The lowest BCUT2D eigenvalue weighted by atomic mass is 9.77. The molecule has 0 aromatic carbocycles. The molecule has 0 bridgehead atoms. The summed E-state index contributed by atoms with van der Waals surface area (Å²) in [5, 5.41) is 1.98. The van der Waals surface area contributed by atoms with Crippen LogP contribution in [0.3, 0.4) is 0 Å². The molecule has 1 saturated carbocycles. The van der Waals surface area contributed by atoms with E-state index in [1.54, 1.807) is 0 Å². The van der Waals surface area contributed by atoms with Crippen molar-refractivity contribution in [2.75, 3.05) is 33.2 Å². The van der Waals surface area contributed by atoms with Crippen molar-refractivity contribution in [2.45, 2.75) is 24.8 Å². The highest BCUT2D eigenvalue weighted by molar-refractivity contribution is 5.86. The standard InChI is InChI=1S/C10H20N4O/c1-13-5-7-14(8-6-13)12-9(15)10(11)3-2-4-10/h2-8,11H2,1H3,(H,12,15). The van der Waals surface area contributed by atoms with E-state index < -0.39 is 5.54 Å². The zero-order chi connectivity index (χ0) is 10.9. The molecule has 0 radical (unpaired) electrons. The molecule has 0 aromatic rings. The van der Waals surface area contributed by atoms with Crippen LogP contribution in [0.2, 0.25) is 0 Å². The van der Waals surface area contributed by atoms with Crippen LogP contribution < -0.4 is 11.2 Å². The van der Waals surface area contributed by atoms with Gasteiger partial charge in [0.1, 0.15) is 0 Å². The van der Waals surface area contributed by atoms with Gasteiger partial charge in [-0.25, -0.2) is 5.01 Å². The Hall–Kier alpha value is -0.650. The first kappa shape index (κ1) is 10.9. The predicted octanol–water partition coefficient (Wildman–Crippen LogP) is -0.854. The van der Waals surface area contributed by atoms with Gasteiger partial charge in [0.25, 0.3) is 5.91 Å². The van der Waals surface area contributed by atoms with Gasteiger partial charge in [-0.05, 0) is 26.3 Å². The summed E-state index contributed by atoms with van der Waals surface area (Å²) in [4.78, 5) is 14.1. The molecule has 1 amide bonds. The van der Waals surface area contributed by atoms with Crippen LogP contribution in [0.5, 0.6) is 0 Å². The number of likely N-dealkylation sites (N-methyl/N-ethyl adjacent to an activating group) is 1. The first-order valence-electron chi connectivity index (χ1n) is 5.64. The summed E-state index contributed by atoms with van der Waals surface area (Å²) in [6, 6.07) is 0. The number of carbonyl (C=O) groups is 1. The number of hydrazine groups is 1. The molecule has 5 nitrogen and oxygen atoms in total. The highest BCUT2D eigenvalue weighted by Crippen LogP contribution is 2.29. The predicted molar refractivity (Wildman–Crippen MR) is 58.0 cm³/mol. The van der Waals surface area contributed by atoms with Gasteiger partial charge < -0.3 is 10.6 Å². The molecule has 1 aliphatic carbocycles. The van der Waals surface area contributed by atoms with Gasteiger partial charge in [-0.15, -0.1) is 0 Å². The van der Waals surface area contributed by atoms with Crippen molar-refractivity contribution < 1.29 is 4.79 Å². The second-order valence-corrected chi connectivity index (χ2v) is 4.74. The Morgan fingerprint density at radius 1 is 1.27 bits per heavy atom. The number of amides is 1. The van der Waals surface area contributed by atoms with E-state index in [0.717, 1.165) is 45.4 Å². The number of hydrogen-bond donors (Lipinski definition) is 2. The second kappa shape index (κ2) is 4.08. The van der Waals surface area contributed by atoms with Gasteiger partial charge in [-0.1, -0.05) is 0 Å². The maximum absolute atomic E-state index is 11.8. The van der Waals surface area contributed by atoms with Crippen molar-refractivity contribution in [1.82, 2.24) is 15.3 Å². The highest BCUT2D eigenvalue weighted by atomic mass is 16.2. The van der Waals surface area contributed by atoms with Crippen molar-refractivity contribution in [1.29, 1.82) is 0 Å². The smallest absolute Gasteiger partial charge is 0.254 e. The van der Waals surface area contributed by atoms with Crippen molar-refractivity contribution in [3.05, 3.63) is 0 Å². The van der Waals surface area contributed by atoms with E-state index in [0.29, 0.717) is 0 Å². The van der Waals surface area contributed by atoms with Crippen LogP contribution in [0.1, 0.15) is 19.3 Å². The quantitative estimate of drug-likeness (QED) is 0.626. The van der Waals surface area contributed by atoms with Gasteiger partial charge in [-0.2, -0.15) is 0 Å². The minimum Gasteiger partial charge on any atom is -0.317 e. The minimum atomic E-state index is -0.580. The molecule has 1 saturated heterocycles. The Labute approximate surface area is 90.6 Å². The molecule has 0 unspecified atom stereocenters. The fourth-order valence-corrected chi connectivity index (χ4v) is 1.96. The monoisotopic (exact) mass is 212 g/mol. The number of hydrogen-bond acceptors (Lipinski definition) is 4. The molecule has 86 valence electrons. The Balaban J connectivity index is 1.79. The Kier molecular flexibility index (Phi) is 2.95.